The summed E-state index contributed by atoms with van der Waals surface area (Å²) in [6.07, 6.45) is 0.657. The number of aliphatic carboxylic acids is 1. The first-order valence-electron chi connectivity index (χ1n) is 15.6. The van der Waals surface area contributed by atoms with E-state index in [-0.39, 0.29) is 63.2 Å². The van der Waals surface area contributed by atoms with Crippen LogP contribution in [0.2, 0.25) is 0 Å². The minimum absolute atomic E-state index is 0. The third-order valence-electron chi connectivity index (χ3n) is 7.17. The van der Waals surface area contributed by atoms with E-state index in [1.165, 1.54) is 6.08 Å². The molecule has 0 aromatic carbocycles. The Morgan fingerprint density at radius 3 is 1.89 bits per heavy atom. The number of carbonyl (C=O) groups is 6. The lowest BCUT2D eigenvalue weighted by molar-refractivity contribution is -0.137. The number of likely N-dealkylation sites (N-methyl/N-ethyl adjacent to an activating group) is 1. The highest BCUT2D eigenvalue weighted by Crippen LogP contribution is 2.14. The van der Waals surface area contributed by atoms with Gasteiger partial charge in [0, 0.05) is 19.4 Å². The highest BCUT2D eigenvalue weighted by Gasteiger charge is 2.32. The number of amides is 5. The Labute approximate surface area is 269 Å². The quantitative estimate of drug-likeness (QED) is 0.0870. The lowest BCUT2D eigenvalue weighted by Crippen LogP contribution is -2.57. The summed E-state index contributed by atoms with van der Waals surface area (Å²) in [7, 11) is 0. The molecule has 13 nitrogen and oxygen atoms in total. The van der Waals surface area contributed by atoms with Crippen LogP contribution in [0.3, 0.4) is 0 Å². The molecule has 0 aliphatic heterocycles. The van der Waals surface area contributed by atoms with Crippen LogP contribution in [0.15, 0.2) is 12.7 Å². The van der Waals surface area contributed by atoms with Crippen LogP contribution in [0.1, 0.15) is 101 Å². The van der Waals surface area contributed by atoms with Gasteiger partial charge in [-0.15, -0.1) is 6.58 Å². The molecule has 0 radical (unpaired) electrons. The molecule has 0 rings (SSSR count). The third kappa shape index (κ3) is 17.6. The molecule has 0 saturated carbocycles. The Kier molecular flexibility index (Phi) is 22.3. The Balaban J connectivity index is 0. The van der Waals surface area contributed by atoms with E-state index in [0.717, 1.165) is 0 Å². The number of aliphatic hydroxyl groups excluding tert-OH is 1. The highest BCUT2D eigenvalue weighted by molar-refractivity contribution is 5.92. The fourth-order valence-corrected chi connectivity index (χ4v) is 4.49. The van der Waals surface area contributed by atoms with Gasteiger partial charge in [-0.05, 0) is 43.9 Å². The molecule has 0 aromatic heterocycles. The summed E-state index contributed by atoms with van der Waals surface area (Å²) in [5.74, 6) is -3.98. The third-order valence-corrected chi connectivity index (χ3v) is 7.17. The minimum atomic E-state index is -1.28. The molecule has 6 atom stereocenters. The van der Waals surface area contributed by atoms with Crippen LogP contribution < -0.4 is 26.6 Å². The second kappa shape index (κ2) is 22.9. The first-order chi connectivity index (χ1) is 20.6. The van der Waals surface area contributed by atoms with Crippen LogP contribution in [-0.2, 0) is 28.8 Å². The monoisotopic (exact) mass is 641 g/mol. The van der Waals surface area contributed by atoms with Crippen molar-refractivity contribution >= 4 is 35.5 Å². The zero-order valence-corrected chi connectivity index (χ0v) is 27.4. The molecule has 13 heteroatoms. The second-order valence-electron chi connectivity index (χ2n) is 12.0. The summed E-state index contributed by atoms with van der Waals surface area (Å²) in [5.41, 5.74) is 0. The predicted molar refractivity (Wildman–Crippen MR) is 174 cm³/mol. The van der Waals surface area contributed by atoms with Gasteiger partial charge in [-0.25, -0.2) is 0 Å². The number of carboxylic acids is 1. The van der Waals surface area contributed by atoms with Gasteiger partial charge >= 0.3 is 5.97 Å². The summed E-state index contributed by atoms with van der Waals surface area (Å²) in [5, 5.41) is 33.3. The molecule has 0 heterocycles. The SMILES string of the molecule is C.C=CC[C@H](NC(=O)[C@@H](NC(=O)CCCC(=O)O)[C@H](C)CC)C(=O)N[C@@H](CC(C)C)[C@@H](O)CC(=O)N[C@H](C(=O)NCC)C(C)C. The van der Waals surface area contributed by atoms with Crippen molar-refractivity contribution in [2.24, 2.45) is 17.8 Å². The maximum absolute atomic E-state index is 13.4. The smallest absolute Gasteiger partial charge is 0.303 e. The van der Waals surface area contributed by atoms with Gasteiger partial charge in [0.05, 0.1) is 18.6 Å². The van der Waals surface area contributed by atoms with Crippen LogP contribution in [-0.4, -0.2) is 82.5 Å². The predicted octanol–water partition coefficient (Wildman–Crippen LogP) is 2.03. The van der Waals surface area contributed by atoms with Crippen LogP contribution >= 0.6 is 0 Å². The Morgan fingerprint density at radius 2 is 1.40 bits per heavy atom. The molecule has 7 N–H and O–H groups in total. The maximum atomic E-state index is 13.4. The van der Waals surface area contributed by atoms with Gasteiger partial charge in [-0.2, -0.15) is 0 Å². The van der Waals surface area contributed by atoms with Crippen molar-refractivity contribution in [3.05, 3.63) is 12.7 Å². The van der Waals surface area contributed by atoms with E-state index in [4.69, 9.17) is 5.11 Å². The number of carboxylic acid groups (broad SMARTS) is 1. The molecule has 0 bridgehead atoms. The van der Waals surface area contributed by atoms with E-state index in [1.807, 2.05) is 20.8 Å². The second-order valence-corrected chi connectivity index (χ2v) is 12.0. The maximum Gasteiger partial charge on any atom is 0.303 e. The van der Waals surface area contributed by atoms with Gasteiger partial charge in [0.25, 0.3) is 0 Å². The molecule has 5 amide bonds. The van der Waals surface area contributed by atoms with Crippen LogP contribution in [0, 0.1) is 17.8 Å². The van der Waals surface area contributed by atoms with Gasteiger partial charge in [-0.1, -0.05) is 61.5 Å². The summed E-state index contributed by atoms with van der Waals surface area (Å²) in [4.78, 5) is 75.0. The fourth-order valence-electron chi connectivity index (χ4n) is 4.49. The molecule has 260 valence electrons. The van der Waals surface area contributed by atoms with Gasteiger partial charge in [0.2, 0.25) is 29.5 Å². The molecular weight excluding hydrogens is 582 g/mol. The molecule has 0 saturated heterocycles. The molecule has 0 aromatic rings. The normalized spacial score (nSPS) is 14.9. The molecular formula is C32H59N5O8. The number of hydrogen-bond donors (Lipinski definition) is 7. The van der Waals surface area contributed by atoms with Crippen molar-refractivity contribution in [2.45, 2.75) is 131 Å². The average molecular weight is 642 g/mol. The van der Waals surface area contributed by atoms with Crippen molar-refractivity contribution in [2.75, 3.05) is 6.54 Å². The summed E-state index contributed by atoms with van der Waals surface area (Å²) in [6.45, 7) is 16.9. The van der Waals surface area contributed by atoms with Crippen molar-refractivity contribution < 1.29 is 39.0 Å². The molecule has 0 unspecified atom stereocenters. The summed E-state index contributed by atoms with van der Waals surface area (Å²) < 4.78 is 0. The Bertz CT molecular complexity index is 971. The van der Waals surface area contributed by atoms with Gasteiger partial charge in [0.15, 0.2) is 0 Å². The average Bonchev–Trinajstić information content (AvgIpc) is 2.92. The van der Waals surface area contributed by atoms with Gasteiger partial charge in [0.1, 0.15) is 18.1 Å². The number of carbonyl (C=O) groups excluding carboxylic acids is 5. The first-order valence-corrected chi connectivity index (χ1v) is 15.6. The number of nitrogens with one attached hydrogen (secondary N) is 5. The van der Waals surface area contributed by atoms with E-state index < -0.39 is 59.9 Å². The van der Waals surface area contributed by atoms with Crippen LogP contribution in [0.4, 0.5) is 0 Å². The minimum Gasteiger partial charge on any atom is -0.481 e. The molecule has 0 aliphatic carbocycles. The number of aliphatic hydroxyl groups is 1. The van der Waals surface area contributed by atoms with Crippen molar-refractivity contribution in [1.82, 2.24) is 26.6 Å². The van der Waals surface area contributed by atoms with Crippen molar-refractivity contribution in [3.63, 3.8) is 0 Å². The van der Waals surface area contributed by atoms with Gasteiger partial charge < -0.3 is 36.8 Å². The first kappa shape index (κ1) is 43.6. The van der Waals surface area contributed by atoms with Crippen LogP contribution in [0.5, 0.6) is 0 Å². The van der Waals surface area contributed by atoms with Gasteiger partial charge in [-0.3, -0.25) is 28.8 Å². The largest absolute Gasteiger partial charge is 0.481 e. The lowest BCUT2D eigenvalue weighted by Gasteiger charge is -2.30. The number of hydrogen-bond acceptors (Lipinski definition) is 7. The fraction of sp³-hybridized carbons (Fsp3) is 0.750. The van der Waals surface area contributed by atoms with E-state index >= 15 is 0 Å². The molecule has 45 heavy (non-hydrogen) atoms. The van der Waals surface area contributed by atoms with E-state index in [2.05, 4.69) is 33.2 Å². The van der Waals surface area contributed by atoms with Crippen molar-refractivity contribution in [3.8, 4) is 0 Å². The van der Waals surface area contributed by atoms with E-state index in [0.29, 0.717) is 19.4 Å². The zero-order chi connectivity index (χ0) is 34.0. The number of rotatable bonds is 22. The molecule has 0 aliphatic rings. The standard InChI is InChI=1S/C31H55N5O8.CH4/c1-9-13-21(33-31(44)28(20(8)10-2)35-24(38)14-12-15-26(40)41)29(42)34-22(16-18(4)5)23(37)17-25(39)36-27(19(6)7)30(43)32-11-3;/h9,18-23,27-28,37H,1,10-17H2,2-8H3,(H,32,43)(H,33,44)(H,34,42)(H,35,38)(H,36,39)(H,40,41);1H4/t20-,21+,22+,23+,27+,28+;/m1./s1. The van der Waals surface area contributed by atoms with Crippen LogP contribution in [0.25, 0.3) is 0 Å². The Hall–Kier alpha value is -3.48. The molecule has 0 spiro atoms. The Morgan fingerprint density at radius 1 is 0.800 bits per heavy atom. The highest BCUT2D eigenvalue weighted by atomic mass is 16.4. The lowest BCUT2D eigenvalue weighted by atomic mass is 9.95. The molecule has 0 fully saturated rings. The van der Waals surface area contributed by atoms with Crippen molar-refractivity contribution in [1.29, 1.82) is 0 Å². The van der Waals surface area contributed by atoms with E-state index in [1.54, 1.807) is 27.7 Å². The topological polar surface area (TPSA) is 203 Å². The summed E-state index contributed by atoms with van der Waals surface area (Å²) in [6, 6.07) is -3.65. The zero-order valence-electron chi connectivity index (χ0n) is 27.4. The summed E-state index contributed by atoms with van der Waals surface area (Å²) >= 11 is 0. The van der Waals surface area contributed by atoms with E-state index in [9.17, 15) is 33.9 Å².